The zero-order chi connectivity index (χ0) is 21.7. The molecule has 0 aliphatic carbocycles. The summed E-state index contributed by atoms with van der Waals surface area (Å²) in [5.74, 6) is -18.5. The van der Waals surface area contributed by atoms with Gasteiger partial charge in [-0.1, -0.05) is 0 Å². The summed E-state index contributed by atoms with van der Waals surface area (Å²) in [4.78, 5) is 66.7. The highest BCUT2D eigenvalue weighted by molar-refractivity contribution is 5.92. The van der Waals surface area contributed by atoms with Crippen LogP contribution in [0.5, 0.6) is 0 Å². The van der Waals surface area contributed by atoms with Gasteiger partial charge in [0.25, 0.3) is 0 Å². The molecule has 14 heteroatoms. The molecule has 0 aromatic carbocycles. The fourth-order valence-electron chi connectivity index (χ4n) is 2.39. The summed E-state index contributed by atoms with van der Waals surface area (Å²) >= 11 is 0. The van der Waals surface area contributed by atoms with Crippen molar-refractivity contribution < 1.29 is 69.6 Å². The summed E-state index contributed by atoms with van der Waals surface area (Å²) in [6.07, 6.45) is -5.00. The van der Waals surface area contributed by atoms with Crippen molar-refractivity contribution in [3.8, 4) is 0 Å². The molecule has 4 atom stereocenters. The molecule has 0 bridgehead atoms. The Kier molecular flexibility index (Phi) is 7.40. The molecule has 0 radical (unpaired) electrons. The molecule has 0 rings (SSSR count). The van der Waals surface area contributed by atoms with Gasteiger partial charge in [-0.3, -0.25) is 19.2 Å². The molecule has 0 amide bonds. The number of carboxylic acids is 6. The molecule has 0 aromatic heterocycles. The molecule has 0 aromatic rings. The molecular weight excluding hydrogens is 380 g/mol. The van der Waals surface area contributed by atoms with E-state index in [1.807, 2.05) is 0 Å². The number of hydrogen-bond acceptors (Lipinski definition) is 8. The summed E-state index contributed by atoms with van der Waals surface area (Å²) in [5, 5.41) is 73.7. The van der Waals surface area contributed by atoms with Crippen LogP contribution in [0.3, 0.4) is 0 Å². The van der Waals surface area contributed by atoms with Gasteiger partial charge in [-0.05, 0) is 6.42 Å². The number of carbonyl (C=O) groups is 6. The Morgan fingerprint density at radius 2 is 0.852 bits per heavy atom. The van der Waals surface area contributed by atoms with Gasteiger partial charge >= 0.3 is 35.8 Å². The normalized spacial score (nSPS) is 17.6. The van der Waals surface area contributed by atoms with E-state index in [2.05, 4.69) is 0 Å². The van der Waals surface area contributed by atoms with E-state index in [4.69, 9.17) is 30.6 Å². The lowest BCUT2D eigenvalue weighted by atomic mass is 9.73. The first-order chi connectivity index (χ1) is 12.1. The minimum atomic E-state index is -3.58. The van der Waals surface area contributed by atoms with E-state index in [0.717, 1.165) is 0 Å². The Labute approximate surface area is 148 Å². The van der Waals surface area contributed by atoms with Gasteiger partial charge in [0.1, 0.15) is 0 Å². The topological polar surface area (TPSA) is 264 Å². The lowest BCUT2D eigenvalue weighted by Crippen LogP contribution is -2.56. The molecule has 27 heavy (non-hydrogen) atoms. The predicted octanol–water partition coefficient (Wildman–Crippen LogP) is -2.64. The van der Waals surface area contributed by atoms with Gasteiger partial charge in [0.05, 0.1) is 24.7 Å². The second-order valence-corrected chi connectivity index (χ2v) is 5.62. The molecule has 14 nitrogen and oxygen atoms in total. The zero-order valence-corrected chi connectivity index (χ0v) is 13.3. The number of carboxylic acid groups (broad SMARTS) is 6. The minimum absolute atomic E-state index is 1.60. The predicted molar refractivity (Wildman–Crippen MR) is 76.5 cm³/mol. The molecule has 4 unspecified atom stereocenters. The molecule has 0 aliphatic rings. The van der Waals surface area contributed by atoms with Crippen LogP contribution in [0.15, 0.2) is 0 Å². The lowest BCUT2D eigenvalue weighted by Gasteiger charge is -2.34. The van der Waals surface area contributed by atoms with Gasteiger partial charge < -0.3 is 40.9 Å². The van der Waals surface area contributed by atoms with Crippen LogP contribution in [-0.2, 0) is 28.8 Å². The molecule has 0 aliphatic heterocycles. The third-order valence-corrected chi connectivity index (χ3v) is 3.80. The van der Waals surface area contributed by atoms with E-state index < -0.39 is 78.1 Å². The van der Waals surface area contributed by atoms with Crippen LogP contribution in [0.1, 0.15) is 19.3 Å². The van der Waals surface area contributed by atoms with Crippen LogP contribution < -0.4 is 0 Å². The van der Waals surface area contributed by atoms with Gasteiger partial charge in [-0.15, -0.1) is 0 Å². The fourth-order valence-corrected chi connectivity index (χ4v) is 2.39. The molecule has 0 fully saturated rings. The van der Waals surface area contributed by atoms with Crippen LogP contribution >= 0.6 is 0 Å². The highest BCUT2D eigenvalue weighted by atomic mass is 16.4. The Bertz CT molecular complexity index is 612. The van der Waals surface area contributed by atoms with Crippen molar-refractivity contribution in [1.82, 2.24) is 0 Å². The number of hydrogen-bond donors (Lipinski definition) is 8. The molecule has 0 heterocycles. The van der Waals surface area contributed by atoms with E-state index in [9.17, 15) is 39.0 Å². The first-order valence-electron chi connectivity index (χ1n) is 6.90. The van der Waals surface area contributed by atoms with Gasteiger partial charge in [0.2, 0.25) is 0 Å². The van der Waals surface area contributed by atoms with Crippen LogP contribution in [0.2, 0.25) is 0 Å². The van der Waals surface area contributed by atoms with Crippen LogP contribution in [0, 0.1) is 11.8 Å². The van der Waals surface area contributed by atoms with Crippen LogP contribution in [0.4, 0.5) is 0 Å². The SMILES string of the molecule is O=C(O)CC(O)(C(=O)O)C(CC(C(=O)O)C(O)(CC(=O)O)C(=O)O)C(=O)O. The van der Waals surface area contributed by atoms with Gasteiger partial charge in [-0.25, -0.2) is 9.59 Å². The Hall–Kier alpha value is -3.26. The molecule has 152 valence electrons. The van der Waals surface area contributed by atoms with Crippen molar-refractivity contribution in [1.29, 1.82) is 0 Å². The maximum atomic E-state index is 11.4. The van der Waals surface area contributed by atoms with Crippen molar-refractivity contribution in [2.75, 3.05) is 0 Å². The van der Waals surface area contributed by atoms with Crippen LogP contribution in [-0.4, -0.2) is 87.9 Å². The van der Waals surface area contributed by atoms with E-state index in [-0.39, 0.29) is 0 Å². The maximum Gasteiger partial charge on any atom is 0.337 e. The standard InChI is InChI=1S/C13H16O14/c14-6(15)2-12(26,10(22)23)4(8(18)19)1-5(9(20)21)13(27,11(24)25)3-7(16)17/h4-5,26-27H,1-3H2,(H,14,15)(H,16,17)(H,18,19)(H,20,21)(H,22,23)(H,24,25). The third kappa shape index (κ3) is 5.35. The first-order valence-corrected chi connectivity index (χ1v) is 6.90. The van der Waals surface area contributed by atoms with E-state index in [1.165, 1.54) is 0 Å². The lowest BCUT2D eigenvalue weighted by molar-refractivity contribution is -0.189. The van der Waals surface area contributed by atoms with Gasteiger partial charge in [-0.2, -0.15) is 0 Å². The quantitative estimate of drug-likeness (QED) is 0.167. The van der Waals surface area contributed by atoms with Gasteiger partial charge in [0, 0.05) is 0 Å². The Morgan fingerprint density at radius 1 is 0.593 bits per heavy atom. The first kappa shape index (κ1) is 23.7. The highest BCUT2D eigenvalue weighted by Gasteiger charge is 2.57. The molecular formula is C13H16O14. The van der Waals surface area contributed by atoms with E-state index in [0.29, 0.717) is 0 Å². The number of aliphatic carboxylic acids is 6. The average molecular weight is 396 g/mol. The van der Waals surface area contributed by atoms with E-state index >= 15 is 0 Å². The largest absolute Gasteiger partial charge is 0.481 e. The second-order valence-electron chi connectivity index (χ2n) is 5.62. The fraction of sp³-hybridized carbons (Fsp3) is 0.538. The smallest absolute Gasteiger partial charge is 0.337 e. The summed E-state index contributed by atoms with van der Waals surface area (Å²) < 4.78 is 0. The Morgan fingerprint density at radius 3 is 1.00 bits per heavy atom. The highest BCUT2D eigenvalue weighted by Crippen LogP contribution is 2.35. The third-order valence-electron chi connectivity index (χ3n) is 3.80. The molecule has 8 N–H and O–H groups in total. The summed E-state index contributed by atoms with van der Waals surface area (Å²) in [6, 6.07) is 0. The summed E-state index contributed by atoms with van der Waals surface area (Å²) in [6.45, 7) is 0. The van der Waals surface area contributed by atoms with Crippen molar-refractivity contribution in [3.63, 3.8) is 0 Å². The molecule has 0 saturated carbocycles. The van der Waals surface area contributed by atoms with Crippen molar-refractivity contribution in [2.24, 2.45) is 11.8 Å². The monoisotopic (exact) mass is 396 g/mol. The van der Waals surface area contributed by atoms with Crippen molar-refractivity contribution >= 4 is 35.8 Å². The Balaban J connectivity index is 6.31. The summed E-state index contributed by atoms with van der Waals surface area (Å²) in [7, 11) is 0. The summed E-state index contributed by atoms with van der Waals surface area (Å²) in [5.41, 5.74) is -7.15. The minimum Gasteiger partial charge on any atom is -0.481 e. The average Bonchev–Trinajstić information content (AvgIpc) is 2.44. The second kappa shape index (κ2) is 8.41. The van der Waals surface area contributed by atoms with Crippen molar-refractivity contribution in [3.05, 3.63) is 0 Å². The molecule has 0 spiro atoms. The van der Waals surface area contributed by atoms with Crippen molar-refractivity contribution in [2.45, 2.75) is 30.5 Å². The maximum absolute atomic E-state index is 11.4. The zero-order valence-electron chi connectivity index (χ0n) is 13.3. The van der Waals surface area contributed by atoms with Crippen LogP contribution in [0.25, 0.3) is 0 Å². The number of rotatable bonds is 12. The van der Waals surface area contributed by atoms with E-state index in [1.54, 1.807) is 0 Å². The van der Waals surface area contributed by atoms with Gasteiger partial charge in [0.15, 0.2) is 11.2 Å². The number of aliphatic hydroxyl groups is 2. The molecule has 0 saturated heterocycles.